The number of halogens is 2. The standard InChI is InChI=1S/C17H24Cl2N2/c1-12(14-4-5-16(18)17(19)10-14)21-8-6-15(7-9-21)20-11-13-2-3-13/h4-5,10,12-13,15,20H,2-3,6-9,11H2,1H3. The first-order chi connectivity index (χ1) is 10.1. The highest BCUT2D eigenvalue weighted by Crippen LogP contribution is 2.30. The molecule has 0 amide bonds. The number of hydrogen-bond acceptors (Lipinski definition) is 2. The van der Waals surface area contributed by atoms with Crippen molar-refractivity contribution in [2.45, 2.75) is 44.7 Å². The van der Waals surface area contributed by atoms with Crippen molar-refractivity contribution in [3.8, 4) is 0 Å². The normalized spacial score (nSPS) is 22.4. The number of nitrogens with zero attached hydrogens (tertiary/aromatic N) is 1. The Bertz CT molecular complexity index is 480. The van der Waals surface area contributed by atoms with Gasteiger partial charge in [-0.05, 0) is 62.8 Å². The molecule has 1 aromatic carbocycles. The van der Waals surface area contributed by atoms with Crippen molar-refractivity contribution in [3.05, 3.63) is 33.8 Å². The van der Waals surface area contributed by atoms with Gasteiger partial charge in [-0.15, -0.1) is 0 Å². The molecule has 1 saturated carbocycles. The van der Waals surface area contributed by atoms with Crippen LogP contribution >= 0.6 is 23.2 Å². The molecule has 0 spiro atoms. The van der Waals surface area contributed by atoms with Gasteiger partial charge in [0.05, 0.1) is 10.0 Å². The van der Waals surface area contributed by atoms with Gasteiger partial charge < -0.3 is 5.32 Å². The summed E-state index contributed by atoms with van der Waals surface area (Å²) in [5.41, 5.74) is 1.26. The van der Waals surface area contributed by atoms with Crippen molar-refractivity contribution >= 4 is 23.2 Å². The molecule has 116 valence electrons. The Morgan fingerprint density at radius 3 is 2.48 bits per heavy atom. The molecule has 1 aliphatic carbocycles. The van der Waals surface area contributed by atoms with Crippen LogP contribution < -0.4 is 5.32 Å². The summed E-state index contributed by atoms with van der Waals surface area (Å²) >= 11 is 12.1. The molecule has 1 aromatic rings. The molecule has 1 unspecified atom stereocenters. The van der Waals surface area contributed by atoms with Gasteiger partial charge in [0.15, 0.2) is 0 Å². The van der Waals surface area contributed by atoms with Gasteiger partial charge in [0.1, 0.15) is 0 Å². The highest BCUT2D eigenvalue weighted by atomic mass is 35.5. The summed E-state index contributed by atoms with van der Waals surface area (Å²) in [6, 6.07) is 7.12. The maximum atomic E-state index is 6.14. The van der Waals surface area contributed by atoms with E-state index in [0.717, 1.165) is 19.0 Å². The third-order valence-electron chi connectivity index (χ3n) is 4.90. The van der Waals surface area contributed by atoms with Crippen molar-refractivity contribution in [1.82, 2.24) is 10.2 Å². The lowest BCUT2D eigenvalue weighted by Gasteiger charge is -2.36. The Balaban J connectivity index is 1.51. The third kappa shape index (κ3) is 4.13. The highest BCUT2D eigenvalue weighted by molar-refractivity contribution is 6.42. The van der Waals surface area contributed by atoms with Crippen molar-refractivity contribution in [2.75, 3.05) is 19.6 Å². The molecule has 1 heterocycles. The van der Waals surface area contributed by atoms with Gasteiger partial charge in [-0.3, -0.25) is 4.90 Å². The van der Waals surface area contributed by atoms with E-state index in [9.17, 15) is 0 Å². The van der Waals surface area contributed by atoms with Gasteiger partial charge in [0, 0.05) is 25.2 Å². The maximum Gasteiger partial charge on any atom is 0.0595 e. The van der Waals surface area contributed by atoms with Crippen LogP contribution in [0.5, 0.6) is 0 Å². The number of benzene rings is 1. The summed E-state index contributed by atoms with van der Waals surface area (Å²) in [5.74, 6) is 0.971. The summed E-state index contributed by atoms with van der Waals surface area (Å²) in [6.45, 7) is 5.80. The molecular formula is C17H24Cl2N2. The van der Waals surface area contributed by atoms with Crippen LogP contribution in [0.2, 0.25) is 10.0 Å². The molecule has 21 heavy (non-hydrogen) atoms. The topological polar surface area (TPSA) is 15.3 Å². The minimum atomic E-state index is 0.407. The lowest BCUT2D eigenvalue weighted by atomic mass is 10.00. The second-order valence-electron chi connectivity index (χ2n) is 6.51. The van der Waals surface area contributed by atoms with Crippen LogP contribution in [0, 0.1) is 5.92 Å². The van der Waals surface area contributed by atoms with E-state index in [2.05, 4.69) is 23.2 Å². The fourth-order valence-corrected chi connectivity index (χ4v) is 3.44. The molecular weight excluding hydrogens is 303 g/mol. The first-order valence-electron chi connectivity index (χ1n) is 8.06. The fourth-order valence-electron chi connectivity index (χ4n) is 3.13. The predicted octanol–water partition coefficient (Wildman–Crippen LogP) is 4.52. The largest absolute Gasteiger partial charge is 0.314 e. The summed E-state index contributed by atoms with van der Waals surface area (Å²) in [5, 5.41) is 5.02. The Morgan fingerprint density at radius 2 is 1.86 bits per heavy atom. The molecule has 1 aliphatic heterocycles. The summed E-state index contributed by atoms with van der Waals surface area (Å²) in [7, 11) is 0. The fraction of sp³-hybridized carbons (Fsp3) is 0.647. The Hall–Kier alpha value is -0.280. The summed E-state index contributed by atoms with van der Waals surface area (Å²) < 4.78 is 0. The minimum absolute atomic E-state index is 0.407. The van der Waals surface area contributed by atoms with E-state index < -0.39 is 0 Å². The van der Waals surface area contributed by atoms with Gasteiger partial charge in [0.25, 0.3) is 0 Å². The average molecular weight is 327 g/mol. The van der Waals surface area contributed by atoms with E-state index in [-0.39, 0.29) is 0 Å². The SMILES string of the molecule is CC(c1ccc(Cl)c(Cl)c1)N1CCC(NCC2CC2)CC1. The molecule has 1 saturated heterocycles. The number of likely N-dealkylation sites (tertiary alicyclic amines) is 1. The number of hydrogen-bond donors (Lipinski definition) is 1. The number of rotatable bonds is 5. The lowest BCUT2D eigenvalue weighted by Crippen LogP contribution is -2.43. The summed E-state index contributed by atoms with van der Waals surface area (Å²) in [4.78, 5) is 2.55. The molecule has 2 nitrogen and oxygen atoms in total. The molecule has 0 radical (unpaired) electrons. The van der Waals surface area contributed by atoms with E-state index in [4.69, 9.17) is 23.2 Å². The smallest absolute Gasteiger partial charge is 0.0595 e. The van der Waals surface area contributed by atoms with Gasteiger partial charge in [-0.1, -0.05) is 29.3 Å². The van der Waals surface area contributed by atoms with E-state index >= 15 is 0 Å². The van der Waals surface area contributed by atoms with Crippen LogP contribution in [0.3, 0.4) is 0 Å². The van der Waals surface area contributed by atoms with Crippen LogP contribution in [0.15, 0.2) is 18.2 Å². The van der Waals surface area contributed by atoms with Crippen molar-refractivity contribution in [2.24, 2.45) is 5.92 Å². The zero-order valence-corrected chi connectivity index (χ0v) is 14.1. The molecule has 3 rings (SSSR count). The number of nitrogens with one attached hydrogen (secondary N) is 1. The van der Waals surface area contributed by atoms with Gasteiger partial charge in [0.2, 0.25) is 0 Å². The van der Waals surface area contributed by atoms with Crippen LogP contribution in [0.4, 0.5) is 0 Å². The molecule has 2 aliphatic rings. The van der Waals surface area contributed by atoms with Crippen molar-refractivity contribution in [3.63, 3.8) is 0 Å². The van der Waals surface area contributed by atoms with Crippen LogP contribution in [-0.4, -0.2) is 30.6 Å². The molecule has 1 atom stereocenters. The van der Waals surface area contributed by atoms with Crippen LogP contribution in [0.1, 0.15) is 44.2 Å². The van der Waals surface area contributed by atoms with E-state index in [1.165, 1.54) is 37.8 Å². The van der Waals surface area contributed by atoms with Gasteiger partial charge >= 0.3 is 0 Å². The van der Waals surface area contributed by atoms with E-state index in [1.54, 1.807) is 0 Å². The first kappa shape index (κ1) is 15.6. The maximum absolute atomic E-state index is 6.14. The van der Waals surface area contributed by atoms with Crippen molar-refractivity contribution in [1.29, 1.82) is 0 Å². The van der Waals surface area contributed by atoms with Crippen LogP contribution in [0.25, 0.3) is 0 Å². The third-order valence-corrected chi connectivity index (χ3v) is 5.63. The second kappa shape index (κ2) is 6.87. The number of piperidine rings is 1. The first-order valence-corrected chi connectivity index (χ1v) is 8.81. The summed E-state index contributed by atoms with van der Waals surface area (Å²) in [6.07, 6.45) is 5.36. The van der Waals surface area contributed by atoms with Gasteiger partial charge in [-0.25, -0.2) is 0 Å². The Labute approximate surface area is 137 Å². The van der Waals surface area contributed by atoms with Crippen molar-refractivity contribution < 1.29 is 0 Å². The van der Waals surface area contributed by atoms with Gasteiger partial charge in [-0.2, -0.15) is 0 Å². The Kier molecular flexibility index (Phi) is 5.11. The minimum Gasteiger partial charge on any atom is -0.314 e. The zero-order valence-electron chi connectivity index (χ0n) is 12.6. The van der Waals surface area contributed by atoms with Crippen LogP contribution in [-0.2, 0) is 0 Å². The molecule has 0 aromatic heterocycles. The quantitative estimate of drug-likeness (QED) is 0.855. The monoisotopic (exact) mass is 326 g/mol. The molecule has 4 heteroatoms. The second-order valence-corrected chi connectivity index (χ2v) is 7.33. The van der Waals surface area contributed by atoms with E-state index in [1.807, 2.05) is 12.1 Å². The predicted molar refractivity (Wildman–Crippen MR) is 90.2 cm³/mol. The lowest BCUT2D eigenvalue weighted by molar-refractivity contribution is 0.152. The zero-order chi connectivity index (χ0) is 14.8. The van der Waals surface area contributed by atoms with E-state index in [0.29, 0.717) is 22.1 Å². The molecule has 2 fully saturated rings. The Morgan fingerprint density at radius 1 is 1.14 bits per heavy atom. The molecule has 0 bridgehead atoms. The molecule has 1 N–H and O–H groups in total. The average Bonchev–Trinajstić information content (AvgIpc) is 3.32. The highest BCUT2D eigenvalue weighted by Gasteiger charge is 2.26.